The largest absolute Gasteiger partial charge is 0.494 e. The van der Waals surface area contributed by atoms with Crippen molar-refractivity contribution in [3.63, 3.8) is 0 Å². The molecule has 1 aliphatic heterocycles. The third-order valence-electron chi connectivity index (χ3n) is 5.76. The Hall–Kier alpha value is -2.38. The van der Waals surface area contributed by atoms with Crippen LogP contribution in [0, 0.1) is 5.92 Å². The van der Waals surface area contributed by atoms with Gasteiger partial charge in [-0.2, -0.15) is 4.72 Å². The summed E-state index contributed by atoms with van der Waals surface area (Å²) in [5.74, 6) is 1.31. The quantitative estimate of drug-likeness (QED) is 0.641. The normalized spacial score (nSPS) is 16.1. The highest BCUT2D eigenvalue weighted by Gasteiger charge is 2.28. The lowest BCUT2D eigenvalue weighted by molar-refractivity contribution is -0.134. The number of likely N-dealkylation sites (tertiary alicyclic amines) is 1. The molecule has 0 spiro atoms. The van der Waals surface area contributed by atoms with Crippen LogP contribution < -0.4 is 9.46 Å². The van der Waals surface area contributed by atoms with Crippen LogP contribution in [0.2, 0.25) is 0 Å². The van der Waals surface area contributed by atoms with E-state index in [1.54, 1.807) is 30.0 Å². The molecule has 2 aromatic rings. The third kappa shape index (κ3) is 6.55. The number of carbonyl (C=O) groups is 1. The first-order valence-electron chi connectivity index (χ1n) is 11.0. The second kappa shape index (κ2) is 10.8. The summed E-state index contributed by atoms with van der Waals surface area (Å²) in [5.41, 5.74) is 1.30. The SMILES string of the molecule is CCOc1ccc(CCC2CCN(C(=O)[C@H](C)NS(=O)(=O)c3ccccc3)CC2)cc1. The molecule has 7 heteroatoms. The molecule has 0 unspecified atom stereocenters. The molecule has 3 rings (SSSR count). The average molecular weight is 445 g/mol. The van der Waals surface area contributed by atoms with Crippen LogP contribution in [0.15, 0.2) is 59.5 Å². The number of hydrogen-bond acceptors (Lipinski definition) is 4. The lowest BCUT2D eigenvalue weighted by Gasteiger charge is -2.33. The Morgan fingerprint density at radius 3 is 2.35 bits per heavy atom. The van der Waals surface area contributed by atoms with Crippen molar-refractivity contribution >= 4 is 15.9 Å². The summed E-state index contributed by atoms with van der Waals surface area (Å²) >= 11 is 0. The number of nitrogens with one attached hydrogen (secondary N) is 1. The predicted octanol–water partition coefficient (Wildman–Crippen LogP) is 3.62. The number of aryl methyl sites for hydroxylation is 1. The number of hydrogen-bond donors (Lipinski definition) is 1. The molecule has 0 aromatic heterocycles. The van der Waals surface area contributed by atoms with Gasteiger partial charge in [-0.25, -0.2) is 8.42 Å². The molecule has 1 aliphatic rings. The molecule has 0 aliphatic carbocycles. The maximum absolute atomic E-state index is 12.8. The number of sulfonamides is 1. The average Bonchev–Trinajstić information content (AvgIpc) is 2.79. The van der Waals surface area contributed by atoms with Gasteiger partial charge in [-0.15, -0.1) is 0 Å². The molecule has 0 bridgehead atoms. The molecule has 31 heavy (non-hydrogen) atoms. The lowest BCUT2D eigenvalue weighted by Crippen LogP contribution is -2.49. The second-order valence-electron chi connectivity index (χ2n) is 8.04. The minimum absolute atomic E-state index is 0.163. The molecule has 0 saturated carbocycles. The van der Waals surface area contributed by atoms with Crippen LogP contribution in [-0.4, -0.2) is 45.0 Å². The smallest absolute Gasteiger partial charge is 0.241 e. The van der Waals surface area contributed by atoms with Gasteiger partial charge in [0, 0.05) is 13.1 Å². The first-order valence-corrected chi connectivity index (χ1v) is 12.4. The molecular weight excluding hydrogens is 412 g/mol. The van der Waals surface area contributed by atoms with Gasteiger partial charge in [-0.05, 0) is 75.3 Å². The fourth-order valence-electron chi connectivity index (χ4n) is 3.96. The van der Waals surface area contributed by atoms with E-state index in [-0.39, 0.29) is 10.8 Å². The van der Waals surface area contributed by atoms with Crippen molar-refractivity contribution in [2.75, 3.05) is 19.7 Å². The molecule has 1 saturated heterocycles. The molecule has 1 atom stereocenters. The number of rotatable bonds is 9. The third-order valence-corrected chi connectivity index (χ3v) is 7.31. The monoisotopic (exact) mass is 444 g/mol. The molecule has 1 N–H and O–H groups in total. The van der Waals surface area contributed by atoms with Crippen LogP contribution in [0.1, 0.15) is 38.7 Å². The number of benzene rings is 2. The summed E-state index contributed by atoms with van der Waals surface area (Å²) in [6.45, 7) is 5.60. The van der Waals surface area contributed by atoms with Crippen LogP contribution in [0.5, 0.6) is 5.75 Å². The van der Waals surface area contributed by atoms with Gasteiger partial charge in [-0.3, -0.25) is 4.79 Å². The fraction of sp³-hybridized carbons (Fsp3) is 0.458. The highest BCUT2D eigenvalue weighted by atomic mass is 32.2. The maximum atomic E-state index is 12.8. The Bertz CT molecular complexity index is 937. The van der Waals surface area contributed by atoms with E-state index in [1.807, 2.05) is 19.1 Å². The lowest BCUT2D eigenvalue weighted by atomic mass is 9.90. The topological polar surface area (TPSA) is 75.7 Å². The van der Waals surface area contributed by atoms with Gasteiger partial charge in [0.1, 0.15) is 5.75 Å². The number of ether oxygens (including phenoxy) is 1. The number of amides is 1. The molecule has 0 radical (unpaired) electrons. The summed E-state index contributed by atoms with van der Waals surface area (Å²) in [6, 6.07) is 15.6. The van der Waals surface area contributed by atoms with Crippen molar-refractivity contribution in [3.05, 3.63) is 60.2 Å². The predicted molar refractivity (Wildman–Crippen MR) is 121 cm³/mol. The van der Waals surface area contributed by atoms with Crippen molar-refractivity contribution in [1.29, 1.82) is 0 Å². The molecule has 2 aromatic carbocycles. The van der Waals surface area contributed by atoms with Gasteiger partial charge in [0.25, 0.3) is 0 Å². The van der Waals surface area contributed by atoms with Gasteiger partial charge in [-0.1, -0.05) is 30.3 Å². The van der Waals surface area contributed by atoms with Gasteiger partial charge in [0.05, 0.1) is 17.5 Å². The van der Waals surface area contributed by atoms with Crippen LogP contribution in [0.4, 0.5) is 0 Å². The van der Waals surface area contributed by atoms with E-state index in [0.717, 1.165) is 31.4 Å². The number of piperidine rings is 1. The summed E-state index contributed by atoms with van der Waals surface area (Å²) in [6.07, 6.45) is 3.99. The van der Waals surface area contributed by atoms with Crippen LogP contribution in [0.25, 0.3) is 0 Å². The van der Waals surface area contributed by atoms with E-state index in [2.05, 4.69) is 16.9 Å². The number of carbonyl (C=O) groups excluding carboxylic acids is 1. The summed E-state index contributed by atoms with van der Waals surface area (Å²) in [5, 5.41) is 0. The first kappa shape index (κ1) is 23.3. The van der Waals surface area contributed by atoms with Crippen LogP contribution in [-0.2, 0) is 21.2 Å². The zero-order valence-electron chi connectivity index (χ0n) is 18.3. The minimum atomic E-state index is -3.71. The van der Waals surface area contributed by atoms with Gasteiger partial charge in [0.15, 0.2) is 0 Å². The standard InChI is InChI=1S/C24H32N2O4S/c1-3-30-22-13-11-20(12-14-22)9-10-21-15-17-26(18-16-21)24(27)19(2)25-31(28,29)23-7-5-4-6-8-23/h4-8,11-14,19,21,25H,3,9-10,15-18H2,1-2H3/t19-/m0/s1. The van der Waals surface area contributed by atoms with Crippen molar-refractivity contribution in [2.24, 2.45) is 5.92 Å². The Balaban J connectivity index is 1.44. The van der Waals surface area contributed by atoms with E-state index in [4.69, 9.17) is 4.74 Å². The minimum Gasteiger partial charge on any atom is -0.494 e. The van der Waals surface area contributed by atoms with Gasteiger partial charge >= 0.3 is 0 Å². The zero-order valence-corrected chi connectivity index (χ0v) is 19.1. The maximum Gasteiger partial charge on any atom is 0.241 e. The van der Waals surface area contributed by atoms with E-state index in [0.29, 0.717) is 25.6 Å². The van der Waals surface area contributed by atoms with Gasteiger partial charge < -0.3 is 9.64 Å². The Labute approximate surface area is 185 Å². The number of nitrogens with zero attached hydrogens (tertiary/aromatic N) is 1. The highest BCUT2D eigenvalue weighted by molar-refractivity contribution is 7.89. The molecule has 1 fully saturated rings. The van der Waals surface area contributed by atoms with Crippen molar-refractivity contribution in [1.82, 2.24) is 9.62 Å². The van der Waals surface area contributed by atoms with Crippen molar-refractivity contribution in [2.45, 2.75) is 50.5 Å². The Morgan fingerprint density at radius 2 is 1.74 bits per heavy atom. The van der Waals surface area contributed by atoms with Crippen LogP contribution >= 0.6 is 0 Å². The van der Waals surface area contributed by atoms with Gasteiger partial charge in [0.2, 0.25) is 15.9 Å². The molecule has 1 heterocycles. The van der Waals surface area contributed by atoms with Crippen molar-refractivity contribution in [3.8, 4) is 5.75 Å². The fourth-order valence-corrected chi connectivity index (χ4v) is 5.17. The molecular formula is C24H32N2O4S. The highest BCUT2D eigenvalue weighted by Crippen LogP contribution is 2.24. The second-order valence-corrected chi connectivity index (χ2v) is 9.75. The summed E-state index contributed by atoms with van der Waals surface area (Å²) in [4.78, 5) is 14.7. The van der Waals surface area contributed by atoms with E-state index < -0.39 is 16.1 Å². The van der Waals surface area contributed by atoms with Crippen molar-refractivity contribution < 1.29 is 17.9 Å². The van der Waals surface area contributed by atoms with E-state index in [1.165, 1.54) is 17.7 Å². The zero-order chi connectivity index (χ0) is 22.3. The van der Waals surface area contributed by atoms with E-state index >= 15 is 0 Å². The molecule has 6 nitrogen and oxygen atoms in total. The first-order chi connectivity index (χ1) is 14.9. The molecule has 168 valence electrons. The summed E-state index contributed by atoms with van der Waals surface area (Å²) in [7, 11) is -3.71. The van der Waals surface area contributed by atoms with E-state index in [9.17, 15) is 13.2 Å². The Morgan fingerprint density at radius 1 is 1.10 bits per heavy atom. The Kier molecular flexibility index (Phi) is 8.09. The van der Waals surface area contributed by atoms with Crippen LogP contribution in [0.3, 0.4) is 0 Å². The summed E-state index contributed by atoms with van der Waals surface area (Å²) < 4.78 is 32.9. The molecule has 1 amide bonds.